The highest BCUT2D eigenvalue weighted by atomic mass is 35.5. The highest BCUT2D eigenvalue weighted by Gasteiger charge is 2.19. The summed E-state index contributed by atoms with van der Waals surface area (Å²) in [5.74, 6) is 0.0674. The molecule has 1 saturated heterocycles. The number of methoxy groups -OCH3 is 1. The third-order valence-corrected chi connectivity index (χ3v) is 4.19. The van der Waals surface area contributed by atoms with Crippen molar-refractivity contribution < 1.29 is 9.53 Å². The molecule has 0 spiro atoms. The minimum Gasteiger partial charge on any atom is -0.383 e. The molecule has 5 nitrogen and oxygen atoms in total. The smallest absolute Gasteiger partial charge is 0.234 e. The number of carbonyl (C=O) groups excluding carboxylic acids is 1. The average molecular weight is 340 g/mol. The van der Waals surface area contributed by atoms with Gasteiger partial charge in [-0.1, -0.05) is 23.7 Å². The van der Waals surface area contributed by atoms with Crippen LogP contribution in [0.2, 0.25) is 5.02 Å². The maximum absolute atomic E-state index is 12.0. The van der Waals surface area contributed by atoms with Gasteiger partial charge in [0.25, 0.3) is 0 Å². The second-order valence-electron chi connectivity index (χ2n) is 6.11. The van der Waals surface area contributed by atoms with Crippen LogP contribution < -0.4 is 5.32 Å². The number of carbonyl (C=O) groups is 1. The van der Waals surface area contributed by atoms with Crippen molar-refractivity contribution in [1.29, 1.82) is 0 Å². The molecule has 0 aromatic heterocycles. The highest BCUT2D eigenvalue weighted by Crippen LogP contribution is 2.13. The molecular formula is C17H26ClN3O2. The highest BCUT2D eigenvalue weighted by molar-refractivity contribution is 6.30. The van der Waals surface area contributed by atoms with Gasteiger partial charge in [-0.25, -0.2) is 0 Å². The van der Waals surface area contributed by atoms with Crippen LogP contribution in [0.3, 0.4) is 0 Å². The summed E-state index contributed by atoms with van der Waals surface area (Å²) in [6, 6.07) is 8.05. The Labute approximate surface area is 143 Å². The topological polar surface area (TPSA) is 44.8 Å². The molecule has 1 unspecified atom stereocenters. The Kier molecular flexibility index (Phi) is 7.30. The molecular weight excluding hydrogens is 314 g/mol. The number of ether oxygens (including phenoxy) is 1. The lowest BCUT2D eigenvalue weighted by Crippen LogP contribution is -2.50. The molecule has 1 fully saturated rings. The van der Waals surface area contributed by atoms with Gasteiger partial charge in [0.05, 0.1) is 13.2 Å². The van der Waals surface area contributed by atoms with Crippen molar-refractivity contribution in [2.45, 2.75) is 19.5 Å². The average Bonchev–Trinajstić information content (AvgIpc) is 2.49. The number of hydrogen-bond acceptors (Lipinski definition) is 4. The second-order valence-corrected chi connectivity index (χ2v) is 6.54. The Hall–Kier alpha value is -1.14. The number of rotatable bonds is 7. The number of halogens is 1. The standard InChI is InChI=1S/C17H26ClN3O2/c1-14(13-23-2)19-17(22)12-21-8-6-20(7-9-21)11-15-4-3-5-16(18)10-15/h3-5,10,14H,6-9,11-13H2,1-2H3,(H,19,22). The Morgan fingerprint density at radius 2 is 2.00 bits per heavy atom. The molecule has 6 heteroatoms. The zero-order chi connectivity index (χ0) is 16.7. The van der Waals surface area contributed by atoms with Crippen LogP contribution in [0.25, 0.3) is 0 Å². The number of piperazine rings is 1. The van der Waals surface area contributed by atoms with E-state index in [-0.39, 0.29) is 11.9 Å². The number of benzene rings is 1. The number of amides is 1. The predicted molar refractivity (Wildman–Crippen MR) is 92.6 cm³/mol. The SMILES string of the molecule is COCC(C)NC(=O)CN1CCN(Cc2cccc(Cl)c2)CC1. The van der Waals surface area contributed by atoms with Gasteiger partial charge < -0.3 is 10.1 Å². The molecule has 1 heterocycles. The summed E-state index contributed by atoms with van der Waals surface area (Å²) >= 11 is 6.03. The van der Waals surface area contributed by atoms with E-state index in [1.807, 2.05) is 25.1 Å². The summed E-state index contributed by atoms with van der Waals surface area (Å²) in [5.41, 5.74) is 1.23. The first-order chi connectivity index (χ1) is 11.1. The largest absolute Gasteiger partial charge is 0.383 e. The predicted octanol–water partition coefficient (Wildman–Crippen LogP) is 1.61. The maximum atomic E-state index is 12.0. The van der Waals surface area contributed by atoms with Crippen LogP contribution >= 0.6 is 11.6 Å². The Morgan fingerprint density at radius 3 is 2.65 bits per heavy atom. The normalized spacial score (nSPS) is 17.9. The van der Waals surface area contributed by atoms with Crippen LogP contribution in [0, 0.1) is 0 Å². The minimum atomic E-state index is 0.0524. The third-order valence-electron chi connectivity index (χ3n) is 3.95. The van der Waals surface area contributed by atoms with E-state index in [4.69, 9.17) is 16.3 Å². The summed E-state index contributed by atoms with van der Waals surface area (Å²) < 4.78 is 5.03. The van der Waals surface area contributed by atoms with Gasteiger partial charge in [-0.15, -0.1) is 0 Å². The third kappa shape index (κ3) is 6.47. The molecule has 1 aliphatic heterocycles. The van der Waals surface area contributed by atoms with Crippen molar-refractivity contribution in [1.82, 2.24) is 15.1 Å². The molecule has 128 valence electrons. The summed E-state index contributed by atoms with van der Waals surface area (Å²) in [6.45, 7) is 7.61. The molecule has 0 aliphatic carbocycles. The van der Waals surface area contributed by atoms with E-state index in [0.717, 1.165) is 37.7 Å². The maximum Gasteiger partial charge on any atom is 0.234 e. The van der Waals surface area contributed by atoms with Crippen LogP contribution in [0.5, 0.6) is 0 Å². The monoisotopic (exact) mass is 339 g/mol. The molecule has 1 N–H and O–H groups in total. The van der Waals surface area contributed by atoms with E-state index in [1.165, 1.54) is 5.56 Å². The molecule has 0 radical (unpaired) electrons. The lowest BCUT2D eigenvalue weighted by molar-refractivity contribution is -0.123. The van der Waals surface area contributed by atoms with Crippen LogP contribution in [-0.4, -0.2) is 68.2 Å². The number of nitrogens with zero attached hydrogens (tertiary/aromatic N) is 2. The number of hydrogen-bond donors (Lipinski definition) is 1. The van der Waals surface area contributed by atoms with Gasteiger partial charge in [-0.3, -0.25) is 14.6 Å². The van der Waals surface area contributed by atoms with Crippen molar-refractivity contribution in [2.75, 3.05) is 46.4 Å². The summed E-state index contributed by atoms with van der Waals surface area (Å²) in [7, 11) is 1.64. The fourth-order valence-electron chi connectivity index (χ4n) is 2.81. The Bertz CT molecular complexity index is 504. The van der Waals surface area contributed by atoms with Gasteiger partial charge in [0.1, 0.15) is 0 Å². The van der Waals surface area contributed by atoms with Gasteiger partial charge in [0.2, 0.25) is 5.91 Å². The molecule has 1 aromatic carbocycles. The van der Waals surface area contributed by atoms with Gasteiger partial charge >= 0.3 is 0 Å². The van der Waals surface area contributed by atoms with Crippen LogP contribution in [0.1, 0.15) is 12.5 Å². The van der Waals surface area contributed by atoms with Crippen LogP contribution in [0.4, 0.5) is 0 Å². The molecule has 23 heavy (non-hydrogen) atoms. The molecule has 1 atom stereocenters. The van der Waals surface area contributed by atoms with Crippen molar-refractivity contribution in [3.63, 3.8) is 0 Å². The van der Waals surface area contributed by atoms with Crippen LogP contribution in [-0.2, 0) is 16.1 Å². The molecule has 1 aromatic rings. The molecule has 0 saturated carbocycles. The first-order valence-electron chi connectivity index (χ1n) is 8.04. The van der Waals surface area contributed by atoms with Gasteiger partial charge in [-0.05, 0) is 24.6 Å². The first-order valence-corrected chi connectivity index (χ1v) is 8.42. The van der Waals surface area contributed by atoms with E-state index in [2.05, 4.69) is 21.2 Å². The van der Waals surface area contributed by atoms with Crippen LogP contribution in [0.15, 0.2) is 24.3 Å². The van der Waals surface area contributed by atoms with E-state index < -0.39 is 0 Å². The summed E-state index contributed by atoms with van der Waals surface area (Å²) in [6.07, 6.45) is 0. The van der Waals surface area contributed by atoms with Gasteiger partial charge in [0, 0.05) is 50.9 Å². The van der Waals surface area contributed by atoms with Crippen molar-refractivity contribution in [3.05, 3.63) is 34.9 Å². The molecule has 1 amide bonds. The minimum absolute atomic E-state index is 0.0524. The van der Waals surface area contributed by atoms with E-state index in [1.54, 1.807) is 7.11 Å². The fraction of sp³-hybridized carbons (Fsp3) is 0.588. The molecule has 0 bridgehead atoms. The Morgan fingerprint density at radius 1 is 1.30 bits per heavy atom. The zero-order valence-electron chi connectivity index (χ0n) is 13.9. The lowest BCUT2D eigenvalue weighted by atomic mass is 10.2. The van der Waals surface area contributed by atoms with Gasteiger partial charge in [0.15, 0.2) is 0 Å². The molecule has 1 aliphatic rings. The fourth-order valence-corrected chi connectivity index (χ4v) is 3.03. The zero-order valence-corrected chi connectivity index (χ0v) is 14.7. The summed E-state index contributed by atoms with van der Waals surface area (Å²) in [4.78, 5) is 16.6. The number of nitrogens with one attached hydrogen (secondary N) is 1. The van der Waals surface area contributed by atoms with Crippen molar-refractivity contribution in [2.24, 2.45) is 0 Å². The van der Waals surface area contributed by atoms with Crippen molar-refractivity contribution in [3.8, 4) is 0 Å². The Balaban J connectivity index is 1.70. The quantitative estimate of drug-likeness (QED) is 0.819. The first kappa shape index (κ1) is 18.2. The van der Waals surface area contributed by atoms with Gasteiger partial charge in [-0.2, -0.15) is 0 Å². The molecule has 2 rings (SSSR count). The lowest BCUT2D eigenvalue weighted by Gasteiger charge is -2.34. The van der Waals surface area contributed by atoms with E-state index >= 15 is 0 Å². The second kappa shape index (κ2) is 9.23. The van der Waals surface area contributed by atoms with Crippen molar-refractivity contribution >= 4 is 17.5 Å². The van der Waals surface area contributed by atoms with E-state index in [9.17, 15) is 4.79 Å². The summed E-state index contributed by atoms with van der Waals surface area (Å²) in [5, 5.41) is 3.73. The van der Waals surface area contributed by atoms with E-state index in [0.29, 0.717) is 13.2 Å².